The lowest BCUT2D eigenvalue weighted by Crippen LogP contribution is -2.62. The average Bonchev–Trinajstić information content (AvgIpc) is 2.88. The first-order chi connectivity index (χ1) is 9.95. The lowest BCUT2D eigenvalue weighted by Gasteiger charge is -2.41. The van der Waals surface area contributed by atoms with Crippen LogP contribution < -0.4 is 10.2 Å². The minimum absolute atomic E-state index is 0.0111. The summed E-state index contributed by atoms with van der Waals surface area (Å²) in [5.41, 5.74) is 0.263. The summed E-state index contributed by atoms with van der Waals surface area (Å²) in [6.07, 6.45) is 0.899. The van der Waals surface area contributed by atoms with Gasteiger partial charge in [0.05, 0.1) is 18.7 Å². The smallest absolute Gasteiger partial charge is 0.306 e. The van der Waals surface area contributed by atoms with Crippen LogP contribution in [0.5, 0.6) is 0 Å². The predicted octanol–water partition coefficient (Wildman–Crippen LogP) is 1.35. The van der Waals surface area contributed by atoms with Crippen LogP contribution in [-0.4, -0.2) is 42.1 Å². The molecular formula is C14H21N3O3S. The fourth-order valence-corrected chi connectivity index (χ4v) is 3.26. The van der Waals surface area contributed by atoms with Gasteiger partial charge in [0.25, 0.3) is 0 Å². The second-order valence-corrected chi connectivity index (χ2v) is 6.23. The van der Waals surface area contributed by atoms with E-state index in [9.17, 15) is 9.59 Å². The molecule has 116 valence electrons. The number of nitrogens with one attached hydrogen (secondary N) is 1. The maximum Gasteiger partial charge on any atom is 0.306 e. The second-order valence-electron chi connectivity index (χ2n) is 5.39. The summed E-state index contributed by atoms with van der Waals surface area (Å²) in [6, 6.07) is 0. The minimum Gasteiger partial charge on any atom is -0.466 e. The lowest BCUT2D eigenvalue weighted by atomic mass is 10.00. The first-order valence-corrected chi connectivity index (χ1v) is 7.99. The van der Waals surface area contributed by atoms with E-state index in [1.165, 1.54) is 11.3 Å². The molecule has 1 N–H and O–H groups in total. The van der Waals surface area contributed by atoms with Gasteiger partial charge in [-0.05, 0) is 20.8 Å². The molecule has 0 spiro atoms. The molecule has 1 fully saturated rings. The van der Waals surface area contributed by atoms with Gasteiger partial charge in [-0.1, -0.05) is 0 Å². The monoisotopic (exact) mass is 311 g/mol. The van der Waals surface area contributed by atoms with Gasteiger partial charge in [-0.3, -0.25) is 9.59 Å². The van der Waals surface area contributed by atoms with Crippen molar-refractivity contribution in [3.8, 4) is 0 Å². The van der Waals surface area contributed by atoms with E-state index < -0.39 is 5.54 Å². The summed E-state index contributed by atoms with van der Waals surface area (Å²) >= 11 is 1.51. The lowest BCUT2D eigenvalue weighted by molar-refractivity contribution is -0.143. The molecule has 7 heteroatoms. The Balaban J connectivity index is 2.02. The molecule has 2 rings (SSSR count). The summed E-state index contributed by atoms with van der Waals surface area (Å²) in [7, 11) is 0. The fourth-order valence-electron chi connectivity index (χ4n) is 2.23. The number of anilines is 1. The SMILES string of the molecule is CCOC(=O)CCc1csc(N2CCNC(=O)C2(C)C)n1. The zero-order valence-electron chi connectivity index (χ0n) is 12.6. The molecule has 1 aromatic rings. The average molecular weight is 311 g/mol. The molecule has 1 saturated heterocycles. The molecule has 2 heterocycles. The molecule has 0 radical (unpaired) electrons. The van der Waals surface area contributed by atoms with E-state index in [0.29, 0.717) is 26.0 Å². The minimum atomic E-state index is -0.603. The standard InChI is InChI=1S/C14H21N3O3S/c1-4-20-11(18)6-5-10-9-21-13(16-10)17-8-7-15-12(19)14(17,2)3/h9H,4-8H2,1-3H3,(H,15,19). The normalized spacial score (nSPS) is 17.5. The summed E-state index contributed by atoms with van der Waals surface area (Å²) in [5.74, 6) is -0.193. The van der Waals surface area contributed by atoms with Crippen LogP contribution in [0.25, 0.3) is 0 Å². The number of thiazole rings is 1. The number of amides is 1. The highest BCUT2D eigenvalue weighted by Gasteiger charge is 2.38. The number of hydrogen-bond donors (Lipinski definition) is 1. The number of carbonyl (C=O) groups excluding carboxylic acids is 2. The Hall–Kier alpha value is -1.63. The van der Waals surface area contributed by atoms with Crippen LogP contribution in [0.3, 0.4) is 0 Å². The molecule has 0 aromatic carbocycles. The number of hydrogen-bond acceptors (Lipinski definition) is 6. The van der Waals surface area contributed by atoms with Crippen molar-refractivity contribution in [2.24, 2.45) is 0 Å². The summed E-state index contributed by atoms with van der Waals surface area (Å²) in [4.78, 5) is 29.9. The molecule has 1 aliphatic rings. The van der Waals surface area contributed by atoms with E-state index in [1.54, 1.807) is 6.92 Å². The number of esters is 1. The largest absolute Gasteiger partial charge is 0.466 e. The third kappa shape index (κ3) is 3.53. The van der Waals surface area contributed by atoms with E-state index >= 15 is 0 Å². The number of piperazine rings is 1. The third-order valence-corrected chi connectivity index (χ3v) is 4.42. The van der Waals surface area contributed by atoms with E-state index in [1.807, 2.05) is 24.1 Å². The molecular weight excluding hydrogens is 290 g/mol. The highest BCUT2D eigenvalue weighted by molar-refractivity contribution is 7.13. The first-order valence-electron chi connectivity index (χ1n) is 7.11. The molecule has 0 unspecified atom stereocenters. The maximum atomic E-state index is 12.0. The van der Waals surface area contributed by atoms with E-state index in [0.717, 1.165) is 17.4 Å². The van der Waals surface area contributed by atoms with Crippen molar-refractivity contribution in [1.82, 2.24) is 10.3 Å². The van der Waals surface area contributed by atoms with Gasteiger partial charge in [-0.25, -0.2) is 4.98 Å². The molecule has 6 nitrogen and oxygen atoms in total. The number of aryl methyl sites for hydroxylation is 1. The van der Waals surface area contributed by atoms with Crippen molar-refractivity contribution in [1.29, 1.82) is 0 Å². The van der Waals surface area contributed by atoms with Crippen LogP contribution in [-0.2, 0) is 20.7 Å². The highest BCUT2D eigenvalue weighted by Crippen LogP contribution is 2.29. The Morgan fingerprint density at radius 1 is 1.57 bits per heavy atom. The Labute approximate surface area is 128 Å². The Morgan fingerprint density at radius 3 is 3.05 bits per heavy atom. The van der Waals surface area contributed by atoms with Crippen LogP contribution in [0.15, 0.2) is 5.38 Å². The van der Waals surface area contributed by atoms with Crippen LogP contribution in [0, 0.1) is 0 Å². The van der Waals surface area contributed by atoms with Gasteiger partial charge in [-0.15, -0.1) is 11.3 Å². The second kappa shape index (κ2) is 6.43. The predicted molar refractivity (Wildman–Crippen MR) is 81.5 cm³/mol. The summed E-state index contributed by atoms with van der Waals surface area (Å²) in [5, 5.41) is 5.64. The quantitative estimate of drug-likeness (QED) is 0.831. The molecule has 0 atom stereocenters. The van der Waals surface area contributed by atoms with Crippen LogP contribution in [0.4, 0.5) is 5.13 Å². The van der Waals surface area contributed by atoms with Crippen molar-refractivity contribution < 1.29 is 14.3 Å². The van der Waals surface area contributed by atoms with Crippen molar-refractivity contribution in [3.63, 3.8) is 0 Å². The molecule has 21 heavy (non-hydrogen) atoms. The Kier molecular flexibility index (Phi) is 4.82. The third-order valence-electron chi connectivity index (χ3n) is 3.51. The van der Waals surface area contributed by atoms with Gasteiger partial charge < -0.3 is 15.0 Å². The van der Waals surface area contributed by atoms with Crippen molar-refractivity contribution in [3.05, 3.63) is 11.1 Å². The van der Waals surface area contributed by atoms with E-state index in [-0.39, 0.29) is 11.9 Å². The number of nitrogens with zero attached hydrogens (tertiary/aromatic N) is 2. The van der Waals surface area contributed by atoms with Gasteiger partial charge in [0.15, 0.2) is 5.13 Å². The van der Waals surface area contributed by atoms with Crippen LogP contribution in [0.1, 0.15) is 32.9 Å². The van der Waals surface area contributed by atoms with Gasteiger partial charge >= 0.3 is 5.97 Å². The van der Waals surface area contributed by atoms with Crippen molar-refractivity contribution in [2.45, 2.75) is 39.2 Å². The molecule has 1 aliphatic heterocycles. The molecule has 1 amide bonds. The highest BCUT2D eigenvalue weighted by atomic mass is 32.1. The first kappa shape index (κ1) is 15.8. The van der Waals surface area contributed by atoms with Gasteiger partial charge in [0.1, 0.15) is 5.54 Å². The van der Waals surface area contributed by atoms with Gasteiger partial charge in [0, 0.05) is 24.9 Å². The van der Waals surface area contributed by atoms with E-state index in [2.05, 4.69) is 10.3 Å². The number of rotatable bonds is 5. The summed E-state index contributed by atoms with van der Waals surface area (Å²) in [6.45, 7) is 7.34. The Bertz CT molecular complexity index is 527. The van der Waals surface area contributed by atoms with Crippen LogP contribution in [0.2, 0.25) is 0 Å². The molecule has 1 aromatic heterocycles. The Morgan fingerprint density at radius 2 is 2.33 bits per heavy atom. The van der Waals surface area contributed by atoms with Gasteiger partial charge in [-0.2, -0.15) is 0 Å². The number of aromatic nitrogens is 1. The molecule has 0 bridgehead atoms. The molecule has 0 saturated carbocycles. The topological polar surface area (TPSA) is 71.5 Å². The maximum absolute atomic E-state index is 12.0. The number of ether oxygens (including phenoxy) is 1. The zero-order valence-corrected chi connectivity index (χ0v) is 13.5. The summed E-state index contributed by atoms with van der Waals surface area (Å²) < 4.78 is 4.91. The van der Waals surface area contributed by atoms with Crippen molar-refractivity contribution in [2.75, 3.05) is 24.6 Å². The zero-order chi connectivity index (χ0) is 15.5. The molecule has 0 aliphatic carbocycles. The fraction of sp³-hybridized carbons (Fsp3) is 0.643. The number of carbonyl (C=O) groups is 2. The van der Waals surface area contributed by atoms with Crippen LogP contribution >= 0.6 is 11.3 Å². The van der Waals surface area contributed by atoms with Gasteiger partial charge in [0.2, 0.25) is 5.91 Å². The van der Waals surface area contributed by atoms with Crippen molar-refractivity contribution >= 4 is 28.3 Å². The van der Waals surface area contributed by atoms with E-state index in [4.69, 9.17) is 4.74 Å².